The molecule has 0 spiro atoms. The molecule has 0 aromatic heterocycles. The van der Waals surface area contributed by atoms with Gasteiger partial charge in [-0.25, -0.2) is 0 Å². The fourth-order valence-electron chi connectivity index (χ4n) is 2.31. The Balaban J connectivity index is 2.35. The van der Waals surface area contributed by atoms with Gasteiger partial charge in [-0.15, -0.1) is 0 Å². The number of allylic oxidation sites excluding steroid dienone is 2. The minimum absolute atomic E-state index is 0.836. The van der Waals surface area contributed by atoms with E-state index in [0.29, 0.717) is 0 Å². The van der Waals surface area contributed by atoms with E-state index in [2.05, 4.69) is 49.5 Å². The molecule has 0 radical (unpaired) electrons. The van der Waals surface area contributed by atoms with E-state index >= 15 is 0 Å². The maximum Gasteiger partial charge on any atom is 0.0263 e. The largest absolute Gasteiger partial charge is 0.303 e. The first-order chi connectivity index (χ1) is 8.17. The molecule has 0 N–H and O–H groups in total. The molecule has 1 aliphatic heterocycles. The van der Waals surface area contributed by atoms with Gasteiger partial charge in [-0.3, -0.25) is 4.99 Å². The normalized spacial score (nSPS) is 27.6. The second-order valence-electron chi connectivity index (χ2n) is 5.16. The quantitative estimate of drug-likeness (QED) is 0.525. The second-order valence-corrected chi connectivity index (χ2v) is 5.16. The highest BCUT2D eigenvalue weighted by atomic mass is 15.1. The maximum atomic E-state index is 3.76. The first kappa shape index (κ1) is 14.2. The van der Waals surface area contributed by atoms with Crippen molar-refractivity contribution in [3.05, 3.63) is 23.9 Å². The molecule has 0 aromatic rings. The predicted molar refractivity (Wildman–Crippen MR) is 76.4 cm³/mol. The van der Waals surface area contributed by atoms with E-state index in [4.69, 9.17) is 0 Å². The highest BCUT2D eigenvalue weighted by Crippen LogP contribution is 2.22. The third-order valence-electron chi connectivity index (χ3n) is 3.90. The number of likely N-dealkylation sites (tertiary alicyclic amines) is 1. The van der Waals surface area contributed by atoms with Crippen LogP contribution in [0, 0.1) is 11.8 Å². The second kappa shape index (κ2) is 7.44. The molecule has 0 saturated carbocycles. The molecule has 17 heavy (non-hydrogen) atoms. The summed E-state index contributed by atoms with van der Waals surface area (Å²) in [4.78, 5) is 6.34. The molecular formula is C15H26N2. The number of hydrogen-bond acceptors (Lipinski definition) is 2. The fraction of sp³-hybridized carbons (Fsp3) is 0.667. The number of piperidine rings is 1. The van der Waals surface area contributed by atoms with E-state index in [0.717, 1.165) is 24.8 Å². The van der Waals surface area contributed by atoms with Crippen LogP contribution >= 0.6 is 0 Å². The number of rotatable bonds is 5. The van der Waals surface area contributed by atoms with Gasteiger partial charge in [0.1, 0.15) is 0 Å². The minimum atomic E-state index is 0.836. The smallest absolute Gasteiger partial charge is 0.0263 e. The molecule has 2 atom stereocenters. The van der Waals surface area contributed by atoms with Gasteiger partial charge in [-0.1, -0.05) is 19.9 Å². The summed E-state index contributed by atoms with van der Waals surface area (Å²) < 4.78 is 0. The summed E-state index contributed by atoms with van der Waals surface area (Å²) in [6.45, 7) is 14.0. The van der Waals surface area contributed by atoms with Crippen LogP contribution < -0.4 is 0 Å². The van der Waals surface area contributed by atoms with Crippen LogP contribution in [-0.4, -0.2) is 31.3 Å². The van der Waals surface area contributed by atoms with Gasteiger partial charge < -0.3 is 4.90 Å². The van der Waals surface area contributed by atoms with Crippen molar-refractivity contribution in [3.63, 3.8) is 0 Å². The summed E-state index contributed by atoms with van der Waals surface area (Å²) in [5.74, 6) is 1.72. The highest BCUT2D eigenvalue weighted by molar-refractivity contribution is 5.27. The van der Waals surface area contributed by atoms with Gasteiger partial charge in [0.25, 0.3) is 0 Å². The van der Waals surface area contributed by atoms with Gasteiger partial charge in [0.15, 0.2) is 0 Å². The van der Waals surface area contributed by atoms with Crippen LogP contribution in [0.1, 0.15) is 33.6 Å². The zero-order chi connectivity index (χ0) is 12.7. The third-order valence-corrected chi connectivity index (χ3v) is 3.90. The number of aliphatic imine (C=N–C) groups is 1. The van der Waals surface area contributed by atoms with E-state index in [-0.39, 0.29) is 0 Å². The summed E-state index contributed by atoms with van der Waals surface area (Å²) in [5, 5.41) is 0. The van der Waals surface area contributed by atoms with Crippen LogP contribution in [0.5, 0.6) is 0 Å². The van der Waals surface area contributed by atoms with Crippen LogP contribution in [0.2, 0.25) is 0 Å². The monoisotopic (exact) mass is 234 g/mol. The summed E-state index contributed by atoms with van der Waals surface area (Å²) in [6, 6.07) is 0. The Hall–Kier alpha value is -0.890. The highest BCUT2D eigenvalue weighted by Gasteiger charge is 2.21. The van der Waals surface area contributed by atoms with Crippen molar-refractivity contribution in [1.29, 1.82) is 0 Å². The summed E-state index contributed by atoms with van der Waals surface area (Å²) >= 11 is 0. The predicted octanol–water partition coefficient (Wildman–Crippen LogP) is 3.52. The molecular weight excluding hydrogens is 208 g/mol. The van der Waals surface area contributed by atoms with Crippen LogP contribution in [0.3, 0.4) is 0 Å². The lowest BCUT2D eigenvalue weighted by Gasteiger charge is -2.35. The van der Waals surface area contributed by atoms with E-state index in [1.54, 1.807) is 6.20 Å². The fourth-order valence-corrected chi connectivity index (χ4v) is 2.31. The minimum Gasteiger partial charge on any atom is -0.303 e. The van der Waals surface area contributed by atoms with E-state index in [9.17, 15) is 0 Å². The molecule has 1 heterocycles. The zero-order valence-corrected chi connectivity index (χ0v) is 11.5. The van der Waals surface area contributed by atoms with Crippen LogP contribution in [0.25, 0.3) is 0 Å². The molecule has 96 valence electrons. The molecule has 0 amide bonds. The first-order valence-corrected chi connectivity index (χ1v) is 6.67. The first-order valence-electron chi connectivity index (χ1n) is 6.67. The van der Waals surface area contributed by atoms with Gasteiger partial charge in [0.05, 0.1) is 0 Å². The van der Waals surface area contributed by atoms with Crippen molar-refractivity contribution < 1.29 is 0 Å². The molecule has 1 aliphatic rings. The van der Waals surface area contributed by atoms with Crippen molar-refractivity contribution in [2.45, 2.75) is 33.6 Å². The van der Waals surface area contributed by atoms with Gasteiger partial charge in [0.2, 0.25) is 0 Å². The van der Waals surface area contributed by atoms with E-state index < -0.39 is 0 Å². The van der Waals surface area contributed by atoms with Gasteiger partial charge >= 0.3 is 0 Å². The SMILES string of the molecule is C=NC=CC(=CC)CCN1CCC(C)C(C)C1. The molecule has 1 rings (SSSR count). The topological polar surface area (TPSA) is 15.6 Å². The lowest BCUT2D eigenvalue weighted by molar-refractivity contribution is 0.140. The summed E-state index contributed by atoms with van der Waals surface area (Å²) in [7, 11) is 0. The third kappa shape index (κ3) is 4.86. The van der Waals surface area contributed by atoms with Crippen LogP contribution in [0.4, 0.5) is 0 Å². The number of hydrogen-bond donors (Lipinski definition) is 0. The van der Waals surface area contributed by atoms with Gasteiger partial charge in [0, 0.05) is 19.3 Å². The van der Waals surface area contributed by atoms with E-state index in [1.807, 2.05) is 0 Å². The Bertz CT molecular complexity index is 291. The maximum absolute atomic E-state index is 3.76. The lowest BCUT2D eigenvalue weighted by Crippen LogP contribution is -2.38. The molecule has 1 fully saturated rings. The molecule has 0 aromatic carbocycles. The van der Waals surface area contributed by atoms with Crippen LogP contribution in [-0.2, 0) is 0 Å². The molecule has 2 nitrogen and oxygen atoms in total. The van der Waals surface area contributed by atoms with Crippen LogP contribution in [0.15, 0.2) is 28.9 Å². The average molecular weight is 234 g/mol. The molecule has 2 unspecified atom stereocenters. The Morgan fingerprint density at radius 1 is 1.41 bits per heavy atom. The Labute approximate surface area is 106 Å². The molecule has 0 bridgehead atoms. The Morgan fingerprint density at radius 3 is 2.76 bits per heavy atom. The summed E-state index contributed by atoms with van der Waals surface area (Å²) in [6.07, 6.45) is 8.46. The van der Waals surface area contributed by atoms with Gasteiger partial charge in [-0.2, -0.15) is 0 Å². The Kier molecular flexibility index (Phi) is 6.20. The lowest BCUT2D eigenvalue weighted by atomic mass is 9.88. The van der Waals surface area contributed by atoms with Crippen molar-refractivity contribution in [2.75, 3.05) is 19.6 Å². The standard InChI is InChI=1S/C15H26N2/c1-5-15(6-9-16-4)8-11-17-10-7-13(2)14(3)12-17/h5-6,9,13-14H,4,7-8,10-12H2,1-3H3. The number of nitrogens with zero attached hydrogens (tertiary/aromatic N) is 2. The Morgan fingerprint density at radius 2 is 2.18 bits per heavy atom. The van der Waals surface area contributed by atoms with Crippen molar-refractivity contribution in [3.8, 4) is 0 Å². The average Bonchev–Trinajstić information content (AvgIpc) is 2.34. The van der Waals surface area contributed by atoms with Crippen molar-refractivity contribution >= 4 is 6.72 Å². The molecule has 1 saturated heterocycles. The molecule has 0 aliphatic carbocycles. The van der Waals surface area contributed by atoms with Crippen molar-refractivity contribution in [1.82, 2.24) is 4.90 Å². The zero-order valence-electron chi connectivity index (χ0n) is 11.5. The van der Waals surface area contributed by atoms with Gasteiger partial charge in [-0.05, 0) is 56.5 Å². The molecule has 2 heteroatoms. The van der Waals surface area contributed by atoms with E-state index in [1.165, 1.54) is 25.1 Å². The summed E-state index contributed by atoms with van der Waals surface area (Å²) in [5.41, 5.74) is 1.35. The van der Waals surface area contributed by atoms with Crippen molar-refractivity contribution in [2.24, 2.45) is 16.8 Å².